The fraction of sp³-hybridized carbons (Fsp3) is 0.394. The van der Waals surface area contributed by atoms with E-state index in [1.54, 1.807) is 18.2 Å². The summed E-state index contributed by atoms with van der Waals surface area (Å²) in [5.74, 6) is -2.26. The summed E-state index contributed by atoms with van der Waals surface area (Å²) in [6, 6.07) is 16.3. The number of anilines is 1. The van der Waals surface area contributed by atoms with Gasteiger partial charge in [-0.3, -0.25) is 0 Å². The highest BCUT2D eigenvalue weighted by atomic mass is 32.2. The third-order valence-electron chi connectivity index (χ3n) is 8.93. The van der Waals surface area contributed by atoms with Gasteiger partial charge in [0.25, 0.3) is 10.0 Å². The molecule has 1 saturated heterocycles. The molecule has 0 atom stereocenters. The van der Waals surface area contributed by atoms with Gasteiger partial charge in [-0.15, -0.1) is 0 Å². The molecule has 1 aliphatic carbocycles. The van der Waals surface area contributed by atoms with Gasteiger partial charge in [0.1, 0.15) is 28.5 Å². The standard InChI is InChI=1S/C33H35F2N3O7S2/c1-41-25-9-8-23(28(18-25)42-2)21-38(31-36-22-37-46-31)47(39,40)30-20-26(34)29(19-27(30)35)43-15-14-32(24-6-4-3-5-7-24)10-12-33(13-11-32)44-16-17-45-33/h3-9,18-20,22H,10-17,21H2,1-2H3. The zero-order valence-electron chi connectivity index (χ0n) is 26.0. The first-order valence-corrected chi connectivity index (χ1v) is 17.4. The molecule has 1 saturated carbocycles. The molecule has 1 spiro atoms. The second-order valence-electron chi connectivity index (χ2n) is 11.5. The van der Waals surface area contributed by atoms with Crippen LogP contribution < -0.4 is 18.5 Å². The monoisotopic (exact) mass is 687 g/mol. The molecular formula is C33H35F2N3O7S2. The summed E-state index contributed by atoms with van der Waals surface area (Å²) in [5, 5.41) is -0.0307. The number of aromatic nitrogens is 2. The number of nitrogens with zero attached hydrogens (tertiary/aromatic N) is 3. The second-order valence-corrected chi connectivity index (χ2v) is 14.1. The molecule has 2 heterocycles. The number of sulfonamides is 1. The lowest BCUT2D eigenvalue weighted by atomic mass is 9.66. The van der Waals surface area contributed by atoms with Gasteiger partial charge in [-0.1, -0.05) is 30.3 Å². The van der Waals surface area contributed by atoms with Gasteiger partial charge >= 0.3 is 0 Å². The number of rotatable bonds is 12. The van der Waals surface area contributed by atoms with Gasteiger partial charge in [-0.05, 0) is 42.4 Å². The van der Waals surface area contributed by atoms with Crippen LogP contribution >= 0.6 is 11.5 Å². The zero-order chi connectivity index (χ0) is 33.1. The highest BCUT2D eigenvalue weighted by Gasteiger charge is 2.47. The first-order chi connectivity index (χ1) is 22.7. The zero-order valence-corrected chi connectivity index (χ0v) is 27.6. The minimum absolute atomic E-state index is 0.0307. The Morgan fingerprint density at radius 3 is 2.32 bits per heavy atom. The maximum Gasteiger partial charge on any atom is 0.269 e. The topological polar surface area (TPSA) is 109 Å². The van der Waals surface area contributed by atoms with E-state index >= 15 is 8.78 Å². The van der Waals surface area contributed by atoms with Crippen LogP contribution in [-0.4, -0.2) is 57.6 Å². The second kappa shape index (κ2) is 13.7. The van der Waals surface area contributed by atoms with Crippen LogP contribution in [-0.2, 0) is 31.5 Å². The molecular weight excluding hydrogens is 653 g/mol. The summed E-state index contributed by atoms with van der Waals surface area (Å²) in [7, 11) is -1.75. The summed E-state index contributed by atoms with van der Waals surface area (Å²) in [6.45, 7) is 0.946. The number of halogens is 2. The Hall–Kier alpha value is -3.85. The minimum atomic E-state index is -4.67. The van der Waals surface area contributed by atoms with Crippen LogP contribution in [0.2, 0.25) is 0 Å². The van der Waals surface area contributed by atoms with Crippen LogP contribution in [0.4, 0.5) is 13.9 Å². The third-order valence-corrected chi connectivity index (χ3v) is 11.5. The summed E-state index contributed by atoms with van der Waals surface area (Å²) >= 11 is 0.798. The van der Waals surface area contributed by atoms with Crippen molar-refractivity contribution in [2.45, 2.75) is 54.7 Å². The Balaban J connectivity index is 1.22. The van der Waals surface area contributed by atoms with E-state index in [0.717, 1.165) is 40.3 Å². The highest BCUT2D eigenvalue weighted by Crippen LogP contribution is 2.48. The molecule has 2 aliphatic rings. The van der Waals surface area contributed by atoms with E-state index < -0.39 is 32.3 Å². The molecule has 2 fully saturated rings. The summed E-state index contributed by atoms with van der Waals surface area (Å²) in [4.78, 5) is 3.17. The first-order valence-electron chi connectivity index (χ1n) is 15.1. The van der Waals surface area contributed by atoms with E-state index in [2.05, 4.69) is 21.5 Å². The number of benzene rings is 3. The Kier molecular flexibility index (Phi) is 9.65. The Morgan fingerprint density at radius 2 is 1.66 bits per heavy atom. The molecule has 1 aromatic heterocycles. The quantitative estimate of drug-likeness (QED) is 0.171. The van der Waals surface area contributed by atoms with Gasteiger partial charge in [-0.2, -0.15) is 4.37 Å². The van der Waals surface area contributed by atoms with Gasteiger partial charge in [0.2, 0.25) is 5.13 Å². The summed E-state index contributed by atoms with van der Waals surface area (Å²) < 4.78 is 92.1. The van der Waals surface area contributed by atoms with E-state index in [0.29, 0.717) is 55.6 Å². The van der Waals surface area contributed by atoms with E-state index in [1.807, 2.05) is 18.2 Å². The maximum atomic E-state index is 15.6. The Labute approximate surface area is 276 Å². The third kappa shape index (κ3) is 6.77. The largest absolute Gasteiger partial charge is 0.497 e. The molecule has 14 heteroatoms. The maximum absolute atomic E-state index is 15.6. The van der Waals surface area contributed by atoms with E-state index in [9.17, 15) is 8.42 Å². The van der Waals surface area contributed by atoms with Crippen LogP contribution in [0.25, 0.3) is 0 Å². The average molecular weight is 688 g/mol. The Morgan fingerprint density at radius 1 is 0.915 bits per heavy atom. The molecule has 4 aromatic rings. The van der Waals surface area contributed by atoms with Gasteiger partial charge in [0.05, 0.1) is 40.6 Å². The normalized spacial score (nSPS) is 17.0. The van der Waals surface area contributed by atoms with Gasteiger partial charge < -0.3 is 23.7 Å². The average Bonchev–Trinajstić information content (AvgIpc) is 3.79. The van der Waals surface area contributed by atoms with Crippen LogP contribution in [0, 0.1) is 11.6 Å². The van der Waals surface area contributed by atoms with E-state index in [-0.39, 0.29) is 29.4 Å². The van der Waals surface area contributed by atoms with Crippen molar-refractivity contribution in [3.8, 4) is 17.2 Å². The first kappa shape index (κ1) is 33.1. The Bertz CT molecular complexity index is 1780. The van der Waals surface area contributed by atoms with Crippen molar-refractivity contribution in [2.24, 2.45) is 0 Å². The molecule has 0 unspecified atom stereocenters. The van der Waals surface area contributed by atoms with Crippen LogP contribution in [0.3, 0.4) is 0 Å². The van der Waals surface area contributed by atoms with Crippen molar-refractivity contribution in [3.05, 3.63) is 89.8 Å². The van der Waals surface area contributed by atoms with Crippen molar-refractivity contribution in [1.82, 2.24) is 9.36 Å². The molecule has 0 amide bonds. The van der Waals surface area contributed by atoms with Crippen molar-refractivity contribution in [1.29, 1.82) is 0 Å². The lowest BCUT2D eigenvalue weighted by Gasteiger charge is -2.44. The molecule has 3 aromatic carbocycles. The number of hydrogen-bond donors (Lipinski definition) is 0. The highest BCUT2D eigenvalue weighted by molar-refractivity contribution is 7.93. The molecule has 47 heavy (non-hydrogen) atoms. The predicted molar refractivity (Wildman–Crippen MR) is 171 cm³/mol. The van der Waals surface area contributed by atoms with Gasteiger partial charge in [0.15, 0.2) is 17.4 Å². The van der Waals surface area contributed by atoms with Crippen molar-refractivity contribution in [2.75, 3.05) is 38.3 Å². The van der Waals surface area contributed by atoms with Crippen LogP contribution in [0.5, 0.6) is 17.2 Å². The van der Waals surface area contributed by atoms with Crippen molar-refractivity contribution < 1.29 is 40.9 Å². The molecule has 0 bridgehead atoms. The van der Waals surface area contributed by atoms with Crippen LogP contribution in [0.15, 0.2) is 71.9 Å². The van der Waals surface area contributed by atoms with Gasteiger partial charge in [-0.25, -0.2) is 26.5 Å². The van der Waals surface area contributed by atoms with Crippen LogP contribution in [0.1, 0.15) is 43.2 Å². The van der Waals surface area contributed by atoms with Crippen molar-refractivity contribution >= 4 is 26.7 Å². The lowest BCUT2D eigenvalue weighted by molar-refractivity contribution is -0.185. The SMILES string of the molecule is COc1ccc(CN(c2ncns2)S(=O)(=O)c2cc(F)c(OCCC3(c4ccccc4)CCC4(CC3)OCCO4)cc2F)c(OC)c1. The fourth-order valence-corrected chi connectivity index (χ4v) is 8.52. The molecule has 0 N–H and O–H groups in total. The fourth-order valence-electron chi connectivity index (χ4n) is 6.33. The number of ether oxygens (including phenoxy) is 5. The molecule has 10 nitrogen and oxygen atoms in total. The lowest BCUT2D eigenvalue weighted by Crippen LogP contribution is -2.42. The molecule has 6 rings (SSSR count). The summed E-state index contributed by atoms with van der Waals surface area (Å²) in [6.07, 6.45) is 4.69. The smallest absolute Gasteiger partial charge is 0.269 e. The van der Waals surface area contributed by atoms with Crippen molar-refractivity contribution in [3.63, 3.8) is 0 Å². The minimum Gasteiger partial charge on any atom is -0.497 e. The molecule has 0 radical (unpaired) electrons. The number of hydrogen-bond acceptors (Lipinski definition) is 10. The molecule has 250 valence electrons. The number of methoxy groups -OCH3 is 2. The predicted octanol–water partition coefficient (Wildman–Crippen LogP) is 6.25. The van der Waals surface area contributed by atoms with E-state index in [4.69, 9.17) is 23.7 Å². The van der Waals surface area contributed by atoms with E-state index in [1.165, 1.54) is 20.5 Å². The molecule has 1 aliphatic heterocycles. The summed E-state index contributed by atoms with van der Waals surface area (Å²) in [5.41, 5.74) is 1.31. The van der Waals surface area contributed by atoms with Gasteiger partial charge in [0, 0.05) is 48.1 Å².